The summed E-state index contributed by atoms with van der Waals surface area (Å²) in [6, 6.07) is 0.874. The number of hydrogen-bond acceptors (Lipinski definition) is 2. The van der Waals surface area contributed by atoms with Crippen LogP contribution in [0.3, 0.4) is 0 Å². The van der Waals surface area contributed by atoms with E-state index in [0.29, 0.717) is 0 Å². The lowest BCUT2D eigenvalue weighted by Crippen LogP contribution is -2.20. The van der Waals surface area contributed by atoms with Crippen molar-refractivity contribution in [1.82, 2.24) is 5.32 Å². The van der Waals surface area contributed by atoms with E-state index in [9.17, 15) is 0 Å². The van der Waals surface area contributed by atoms with E-state index in [2.05, 4.69) is 12.2 Å². The van der Waals surface area contributed by atoms with Crippen molar-refractivity contribution in [2.75, 3.05) is 20.3 Å². The van der Waals surface area contributed by atoms with E-state index in [4.69, 9.17) is 4.74 Å². The smallest absolute Gasteiger partial charge is 0.0490 e. The van der Waals surface area contributed by atoms with Crippen LogP contribution in [0.25, 0.3) is 0 Å². The molecule has 0 amide bonds. The summed E-state index contributed by atoms with van der Waals surface area (Å²) in [4.78, 5) is 0. The normalized spacial score (nSPS) is 34.6. The van der Waals surface area contributed by atoms with Gasteiger partial charge in [0.15, 0.2) is 0 Å². The van der Waals surface area contributed by atoms with Crippen LogP contribution >= 0.6 is 0 Å². The van der Waals surface area contributed by atoms with Gasteiger partial charge in [-0.1, -0.05) is 6.92 Å². The fourth-order valence-corrected chi connectivity index (χ4v) is 2.19. The molecule has 76 valence electrons. The quantitative estimate of drug-likeness (QED) is 0.676. The molecule has 1 N–H and O–H groups in total. The van der Waals surface area contributed by atoms with Gasteiger partial charge >= 0.3 is 0 Å². The molecule has 2 saturated carbocycles. The highest BCUT2D eigenvalue weighted by Crippen LogP contribution is 2.44. The van der Waals surface area contributed by atoms with Crippen LogP contribution in [-0.2, 0) is 4.74 Å². The van der Waals surface area contributed by atoms with Crippen molar-refractivity contribution in [3.05, 3.63) is 0 Å². The zero-order valence-corrected chi connectivity index (χ0v) is 8.75. The van der Waals surface area contributed by atoms with Gasteiger partial charge in [0.25, 0.3) is 0 Å². The van der Waals surface area contributed by atoms with Gasteiger partial charge in [0.05, 0.1) is 0 Å². The van der Waals surface area contributed by atoms with Crippen LogP contribution in [0.2, 0.25) is 0 Å². The van der Waals surface area contributed by atoms with Crippen LogP contribution in [-0.4, -0.2) is 26.3 Å². The van der Waals surface area contributed by atoms with Crippen molar-refractivity contribution >= 4 is 0 Å². The average molecular weight is 183 g/mol. The van der Waals surface area contributed by atoms with Gasteiger partial charge in [0, 0.05) is 19.8 Å². The molecule has 3 unspecified atom stereocenters. The Hall–Kier alpha value is -0.0800. The van der Waals surface area contributed by atoms with Gasteiger partial charge in [0.2, 0.25) is 0 Å². The van der Waals surface area contributed by atoms with Crippen LogP contribution < -0.4 is 5.32 Å². The summed E-state index contributed by atoms with van der Waals surface area (Å²) in [5, 5.41) is 3.60. The number of methoxy groups -OCH3 is 1. The fraction of sp³-hybridized carbons (Fsp3) is 1.00. The highest BCUT2D eigenvalue weighted by atomic mass is 16.5. The molecule has 0 aromatic carbocycles. The van der Waals surface area contributed by atoms with Crippen molar-refractivity contribution < 1.29 is 4.74 Å². The largest absolute Gasteiger partial charge is 0.384 e. The third-order valence-corrected chi connectivity index (χ3v) is 3.38. The van der Waals surface area contributed by atoms with Crippen molar-refractivity contribution in [1.29, 1.82) is 0 Å². The number of ether oxygens (including phenoxy) is 1. The first kappa shape index (κ1) is 9.47. The molecule has 2 fully saturated rings. The molecule has 2 nitrogen and oxygen atoms in total. The van der Waals surface area contributed by atoms with Gasteiger partial charge in [-0.2, -0.15) is 0 Å². The lowest BCUT2D eigenvalue weighted by molar-refractivity contribution is 0.147. The van der Waals surface area contributed by atoms with Crippen molar-refractivity contribution in [3.8, 4) is 0 Å². The van der Waals surface area contributed by atoms with E-state index >= 15 is 0 Å². The SMILES string of the molecule is COCC(C)C1CC1CNC1CC1. The molecule has 0 heterocycles. The van der Waals surface area contributed by atoms with Gasteiger partial charge < -0.3 is 10.1 Å². The first-order valence-electron chi connectivity index (χ1n) is 5.53. The monoisotopic (exact) mass is 183 g/mol. The van der Waals surface area contributed by atoms with E-state index < -0.39 is 0 Å². The van der Waals surface area contributed by atoms with E-state index in [0.717, 1.165) is 30.4 Å². The van der Waals surface area contributed by atoms with Crippen LogP contribution in [0.15, 0.2) is 0 Å². The Morgan fingerprint density at radius 1 is 1.46 bits per heavy atom. The third-order valence-electron chi connectivity index (χ3n) is 3.38. The predicted octanol–water partition coefficient (Wildman–Crippen LogP) is 1.66. The van der Waals surface area contributed by atoms with Crippen LogP contribution in [0.4, 0.5) is 0 Å². The molecule has 2 rings (SSSR count). The summed E-state index contributed by atoms with van der Waals surface area (Å²) < 4.78 is 5.17. The highest BCUT2D eigenvalue weighted by molar-refractivity contribution is 4.93. The Morgan fingerprint density at radius 2 is 2.23 bits per heavy atom. The first-order chi connectivity index (χ1) is 6.31. The third kappa shape index (κ3) is 2.68. The van der Waals surface area contributed by atoms with Crippen LogP contribution in [0.5, 0.6) is 0 Å². The van der Waals surface area contributed by atoms with Gasteiger partial charge in [-0.15, -0.1) is 0 Å². The summed E-state index contributed by atoms with van der Waals surface area (Å²) in [5.74, 6) is 2.65. The minimum Gasteiger partial charge on any atom is -0.384 e. The molecular weight excluding hydrogens is 162 g/mol. The standard InChI is InChI=1S/C11H21NO/c1-8(7-13-2)11-5-9(11)6-12-10-3-4-10/h8-12H,3-7H2,1-2H3. The van der Waals surface area contributed by atoms with E-state index in [1.165, 1.54) is 25.8 Å². The fourth-order valence-electron chi connectivity index (χ4n) is 2.19. The molecular formula is C11H21NO. The molecule has 3 atom stereocenters. The molecule has 0 saturated heterocycles. The zero-order valence-electron chi connectivity index (χ0n) is 8.75. The van der Waals surface area contributed by atoms with E-state index in [1.54, 1.807) is 7.11 Å². The second-order valence-corrected chi connectivity index (χ2v) is 4.77. The first-order valence-corrected chi connectivity index (χ1v) is 5.53. The van der Waals surface area contributed by atoms with Gasteiger partial charge in [-0.05, 0) is 43.6 Å². The molecule has 2 heteroatoms. The topological polar surface area (TPSA) is 21.3 Å². The van der Waals surface area contributed by atoms with Crippen molar-refractivity contribution in [2.24, 2.45) is 17.8 Å². The summed E-state index contributed by atoms with van der Waals surface area (Å²) in [7, 11) is 1.80. The summed E-state index contributed by atoms with van der Waals surface area (Å²) in [6.07, 6.45) is 4.24. The molecule has 0 aliphatic heterocycles. The van der Waals surface area contributed by atoms with Crippen molar-refractivity contribution in [3.63, 3.8) is 0 Å². The number of nitrogens with one attached hydrogen (secondary N) is 1. The Bertz CT molecular complexity index is 167. The second-order valence-electron chi connectivity index (χ2n) is 4.77. The maximum absolute atomic E-state index is 5.17. The molecule has 2 aliphatic carbocycles. The molecule has 2 aliphatic rings. The molecule has 0 aromatic rings. The molecule has 0 spiro atoms. The Kier molecular flexibility index (Phi) is 2.89. The van der Waals surface area contributed by atoms with Crippen molar-refractivity contribution in [2.45, 2.75) is 32.2 Å². The predicted molar refractivity (Wildman–Crippen MR) is 53.7 cm³/mol. The number of rotatable bonds is 6. The lowest BCUT2D eigenvalue weighted by atomic mass is 10.1. The number of hydrogen-bond donors (Lipinski definition) is 1. The summed E-state index contributed by atoms with van der Waals surface area (Å²) in [5.41, 5.74) is 0. The highest BCUT2D eigenvalue weighted by Gasteiger charge is 2.41. The Balaban J connectivity index is 1.57. The van der Waals surface area contributed by atoms with Crippen LogP contribution in [0, 0.1) is 17.8 Å². The van der Waals surface area contributed by atoms with Gasteiger partial charge in [-0.25, -0.2) is 0 Å². The molecule has 0 aromatic heterocycles. The minimum absolute atomic E-state index is 0.760. The second kappa shape index (κ2) is 3.97. The molecule has 0 bridgehead atoms. The maximum atomic E-state index is 5.17. The molecule has 0 radical (unpaired) electrons. The van der Waals surface area contributed by atoms with Gasteiger partial charge in [-0.3, -0.25) is 0 Å². The maximum Gasteiger partial charge on any atom is 0.0490 e. The van der Waals surface area contributed by atoms with Gasteiger partial charge in [0.1, 0.15) is 0 Å². The van der Waals surface area contributed by atoms with E-state index in [1.807, 2.05) is 0 Å². The Labute approximate surface area is 81.0 Å². The minimum atomic E-state index is 0.760. The van der Waals surface area contributed by atoms with Crippen LogP contribution in [0.1, 0.15) is 26.2 Å². The average Bonchev–Trinajstić information content (AvgIpc) is 2.98. The van der Waals surface area contributed by atoms with E-state index in [-0.39, 0.29) is 0 Å². The lowest BCUT2D eigenvalue weighted by Gasteiger charge is -2.09. The molecule has 13 heavy (non-hydrogen) atoms. The zero-order chi connectivity index (χ0) is 9.26. The summed E-state index contributed by atoms with van der Waals surface area (Å²) in [6.45, 7) is 4.50. The summed E-state index contributed by atoms with van der Waals surface area (Å²) >= 11 is 0. The Morgan fingerprint density at radius 3 is 2.85 bits per heavy atom.